The number of carbonyl (C=O) groups excluding carboxylic acids is 3. The Morgan fingerprint density at radius 3 is 2.62 bits per heavy atom. The van der Waals surface area contributed by atoms with Gasteiger partial charge < -0.3 is 19.4 Å². The smallest absolute Gasteiger partial charge is 0.259 e. The maximum Gasteiger partial charge on any atom is 0.259 e. The SMILES string of the molecule is O=C1N[C@]2(C(=O)NS(=O)(=O)C3CC3)C[C@H]2C=CCCCCCCC(=O)N2C[C@H](Oc3cc(-c4ccccc4)nc4c3oc3ccccc34)C[C@@H]12. The van der Waals surface area contributed by atoms with Gasteiger partial charge in [0.1, 0.15) is 28.8 Å². The number of rotatable bonds is 6. The second kappa shape index (κ2) is 12.9. The van der Waals surface area contributed by atoms with Gasteiger partial charge in [-0.05, 0) is 50.7 Å². The minimum absolute atomic E-state index is 0.153. The molecule has 4 heterocycles. The van der Waals surface area contributed by atoms with Crippen molar-refractivity contribution >= 4 is 49.8 Å². The van der Waals surface area contributed by atoms with E-state index in [0.717, 1.165) is 36.6 Å². The third-order valence-corrected chi connectivity index (χ3v) is 12.2. The Kier molecular flexibility index (Phi) is 8.37. The highest BCUT2D eigenvalue weighted by Crippen LogP contribution is 2.46. The molecule has 50 heavy (non-hydrogen) atoms. The van der Waals surface area contributed by atoms with Gasteiger partial charge in [-0.25, -0.2) is 13.4 Å². The maximum absolute atomic E-state index is 14.2. The van der Waals surface area contributed by atoms with E-state index in [1.54, 1.807) is 4.90 Å². The number of nitrogens with zero attached hydrogens (tertiary/aromatic N) is 2. The summed E-state index contributed by atoms with van der Waals surface area (Å²) in [5.74, 6) is -1.27. The fourth-order valence-corrected chi connectivity index (χ4v) is 8.71. The molecule has 12 heteroatoms. The summed E-state index contributed by atoms with van der Waals surface area (Å²) >= 11 is 0. The summed E-state index contributed by atoms with van der Waals surface area (Å²) in [7, 11) is -3.83. The normalized spacial score (nSPS) is 26.1. The van der Waals surface area contributed by atoms with Crippen molar-refractivity contribution in [2.24, 2.45) is 5.92 Å². The molecule has 4 aromatic rings. The fourth-order valence-electron chi connectivity index (χ4n) is 7.35. The molecule has 3 amide bonds. The van der Waals surface area contributed by atoms with Gasteiger partial charge in [-0.15, -0.1) is 0 Å². The van der Waals surface area contributed by atoms with Crippen molar-refractivity contribution in [3.8, 4) is 17.0 Å². The van der Waals surface area contributed by atoms with E-state index in [0.29, 0.717) is 53.8 Å². The number of benzene rings is 2. The van der Waals surface area contributed by atoms with Crippen LogP contribution in [0.3, 0.4) is 0 Å². The highest BCUT2D eigenvalue weighted by atomic mass is 32.2. The van der Waals surface area contributed by atoms with Crippen molar-refractivity contribution in [3.05, 3.63) is 72.8 Å². The lowest BCUT2D eigenvalue weighted by atomic mass is 10.1. The van der Waals surface area contributed by atoms with Crippen LogP contribution >= 0.6 is 0 Å². The minimum atomic E-state index is -3.83. The summed E-state index contributed by atoms with van der Waals surface area (Å²) in [6.07, 6.45) is 9.44. The number of hydrogen-bond donors (Lipinski definition) is 2. The average molecular weight is 697 g/mol. The lowest BCUT2D eigenvalue weighted by Crippen LogP contribution is -2.56. The Morgan fingerprint density at radius 1 is 1.02 bits per heavy atom. The summed E-state index contributed by atoms with van der Waals surface area (Å²) in [5, 5.41) is 3.19. The van der Waals surface area contributed by atoms with Gasteiger partial charge in [-0.1, -0.05) is 67.5 Å². The molecule has 0 spiro atoms. The molecule has 2 aliphatic heterocycles. The molecular formula is C38H40N4O7S. The molecule has 3 fully saturated rings. The van der Waals surface area contributed by atoms with Crippen molar-refractivity contribution in [1.29, 1.82) is 0 Å². The third-order valence-electron chi connectivity index (χ3n) is 10.4. The van der Waals surface area contributed by atoms with E-state index < -0.39 is 44.8 Å². The number of aromatic nitrogens is 1. The standard InChI is InChI=1S/C38H40N4O7S/c43-33-17-9-4-2-1-3-8-14-25-22-38(25,37(45)41-50(46,47)27-18-19-27)40-36(44)30-20-26(23-42(30)33)48-32-21-29(24-12-6-5-7-13-24)39-34-28-15-10-11-16-31(28)49-35(32)34/h5-8,10-16,21,25-27,30H,1-4,9,17-20,22-23H2,(H,40,44)(H,41,45)/t25-,26-,30+,38-/m1/s1. The first-order valence-corrected chi connectivity index (χ1v) is 19.1. The van der Waals surface area contributed by atoms with Crippen molar-refractivity contribution in [2.45, 2.75) is 87.1 Å². The lowest BCUT2D eigenvalue weighted by Gasteiger charge is -2.26. The maximum atomic E-state index is 14.2. The van der Waals surface area contributed by atoms with E-state index in [-0.39, 0.29) is 31.2 Å². The molecule has 0 radical (unpaired) electrons. The number of nitrogens with one attached hydrogen (secondary N) is 2. The zero-order valence-electron chi connectivity index (χ0n) is 27.7. The first kappa shape index (κ1) is 32.5. The summed E-state index contributed by atoms with van der Waals surface area (Å²) in [5.41, 5.74) is 1.99. The number of furan rings is 1. The molecule has 2 saturated carbocycles. The number of ether oxygens (including phenoxy) is 1. The highest BCUT2D eigenvalue weighted by molar-refractivity contribution is 7.91. The Labute approximate surface area is 290 Å². The predicted molar refractivity (Wildman–Crippen MR) is 187 cm³/mol. The van der Waals surface area contributed by atoms with Crippen LogP contribution in [0.5, 0.6) is 5.75 Å². The van der Waals surface area contributed by atoms with E-state index >= 15 is 0 Å². The molecule has 0 bridgehead atoms. The van der Waals surface area contributed by atoms with Gasteiger partial charge in [0.2, 0.25) is 21.8 Å². The number of carbonyl (C=O) groups is 3. The van der Waals surface area contributed by atoms with E-state index in [1.807, 2.05) is 72.8 Å². The molecular weight excluding hydrogens is 657 g/mol. The number of amides is 3. The van der Waals surface area contributed by atoms with Gasteiger partial charge >= 0.3 is 0 Å². The fraction of sp³-hybridized carbons (Fsp3) is 0.421. The van der Waals surface area contributed by atoms with Gasteiger partial charge in [-0.2, -0.15) is 0 Å². The topological polar surface area (TPSA) is 148 Å². The van der Waals surface area contributed by atoms with E-state index in [4.69, 9.17) is 14.1 Å². The molecule has 4 aliphatic rings. The van der Waals surface area contributed by atoms with Crippen LogP contribution in [0.2, 0.25) is 0 Å². The number of sulfonamides is 1. The molecule has 2 aliphatic carbocycles. The molecule has 8 rings (SSSR count). The van der Waals surface area contributed by atoms with Gasteiger partial charge in [-0.3, -0.25) is 19.1 Å². The van der Waals surface area contributed by atoms with Crippen LogP contribution in [0.1, 0.15) is 64.2 Å². The molecule has 1 saturated heterocycles. The number of hydrogen-bond acceptors (Lipinski definition) is 8. The molecule has 2 aromatic carbocycles. The zero-order valence-corrected chi connectivity index (χ0v) is 28.5. The van der Waals surface area contributed by atoms with E-state index in [1.165, 1.54) is 0 Å². The van der Waals surface area contributed by atoms with Crippen LogP contribution < -0.4 is 14.8 Å². The first-order chi connectivity index (χ1) is 24.2. The summed E-state index contributed by atoms with van der Waals surface area (Å²) < 4.78 is 40.7. The van der Waals surface area contributed by atoms with Crippen LogP contribution in [-0.4, -0.2) is 65.5 Å². The molecule has 260 valence electrons. The van der Waals surface area contributed by atoms with E-state index in [2.05, 4.69) is 10.0 Å². The zero-order chi connectivity index (χ0) is 34.5. The molecule has 2 N–H and O–H groups in total. The van der Waals surface area contributed by atoms with Gasteiger partial charge in [0.25, 0.3) is 5.91 Å². The minimum Gasteiger partial charge on any atom is -0.484 e. The highest BCUT2D eigenvalue weighted by Gasteiger charge is 2.62. The summed E-state index contributed by atoms with van der Waals surface area (Å²) in [6.45, 7) is 0.167. The van der Waals surface area contributed by atoms with Crippen LogP contribution in [0.15, 0.2) is 77.2 Å². The average Bonchev–Trinajstić information content (AvgIpc) is 4.01. The van der Waals surface area contributed by atoms with Crippen molar-refractivity contribution in [2.75, 3.05) is 6.54 Å². The van der Waals surface area contributed by atoms with Crippen molar-refractivity contribution in [3.63, 3.8) is 0 Å². The van der Waals surface area contributed by atoms with Crippen LogP contribution in [0.25, 0.3) is 33.3 Å². The van der Waals surface area contributed by atoms with Crippen LogP contribution in [-0.2, 0) is 24.4 Å². The molecule has 0 unspecified atom stereocenters. The Hall–Kier alpha value is -4.71. The molecule has 11 nitrogen and oxygen atoms in total. The largest absolute Gasteiger partial charge is 0.484 e. The van der Waals surface area contributed by atoms with Crippen molar-refractivity contribution in [1.82, 2.24) is 19.9 Å². The van der Waals surface area contributed by atoms with Crippen molar-refractivity contribution < 1.29 is 32.0 Å². The quantitative estimate of drug-likeness (QED) is 0.255. The second-order valence-electron chi connectivity index (χ2n) is 14.0. The Morgan fingerprint density at radius 2 is 1.80 bits per heavy atom. The monoisotopic (exact) mass is 696 g/mol. The molecule has 2 aromatic heterocycles. The van der Waals surface area contributed by atoms with Crippen LogP contribution in [0, 0.1) is 5.92 Å². The predicted octanol–water partition coefficient (Wildman–Crippen LogP) is 5.39. The van der Waals surface area contributed by atoms with E-state index in [9.17, 15) is 22.8 Å². The summed E-state index contributed by atoms with van der Waals surface area (Å²) in [6, 6.07) is 18.3. The van der Waals surface area contributed by atoms with Crippen LogP contribution in [0.4, 0.5) is 0 Å². The number of fused-ring (bicyclic) bond motifs is 5. The lowest BCUT2D eigenvalue weighted by molar-refractivity contribution is -0.139. The molecule has 4 atom stereocenters. The Balaban J connectivity index is 1.10. The second-order valence-corrected chi connectivity index (χ2v) is 16.0. The van der Waals surface area contributed by atoms with Gasteiger partial charge in [0.05, 0.1) is 17.5 Å². The summed E-state index contributed by atoms with van der Waals surface area (Å²) in [4.78, 5) is 48.0. The first-order valence-electron chi connectivity index (χ1n) is 17.6. The third kappa shape index (κ3) is 6.25. The van der Waals surface area contributed by atoms with Gasteiger partial charge in [0, 0.05) is 35.8 Å². The number of allylic oxidation sites excluding steroid dienone is 1. The number of para-hydroxylation sites is 1. The number of pyridine rings is 1. The van der Waals surface area contributed by atoms with Gasteiger partial charge in [0.15, 0.2) is 11.3 Å². The Bertz CT molecular complexity index is 2110.